The van der Waals surface area contributed by atoms with Gasteiger partial charge in [-0.2, -0.15) is 5.26 Å². The van der Waals surface area contributed by atoms with Gasteiger partial charge >= 0.3 is 0 Å². The van der Waals surface area contributed by atoms with Crippen molar-refractivity contribution >= 4 is 38.3 Å². The molecule has 9 nitrogen and oxygen atoms in total. The van der Waals surface area contributed by atoms with Crippen molar-refractivity contribution in [3.63, 3.8) is 0 Å². The minimum absolute atomic E-state index is 0.00883. The summed E-state index contributed by atoms with van der Waals surface area (Å²) in [5.41, 5.74) is 0.606. The Morgan fingerprint density at radius 3 is 2.62 bits per heavy atom. The zero-order valence-electron chi connectivity index (χ0n) is 18.1. The normalized spacial score (nSPS) is 11.5. The first kappa shape index (κ1) is 24.8. The predicted molar refractivity (Wildman–Crippen MR) is 124 cm³/mol. The van der Waals surface area contributed by atoms with Crippen molar-refractivity contribution in [2.45, 2.75) is 17.9 Å². The van der Waals surface area contributed by atoms with Crippen LogP contribution in [0, 0.1) is 17.1 Å². The molecule has 1 N–H and O–H groups in total. The van der Waals surface area contributed by atoms with Crippen molar-refractivity contribution in [2.75, 3.05) is 18.2 Å². The number of nitriles is 1. The Hall–Kier alpha value is -3.82. The molecule has 3 rings (SSSR count). The standard InChI is InChI=1S/C22H19FN4O5S2/c1-3-31-19-11-14(8-9-18(19)32-13-15-6-4-5-7-17(15)23)10-16(12-24)20(28)25-21-26-27-22(33-21)34(2,29)30/h4-11H,3,13H2,1-2H3,(H,25,26,28). The number of amides is 1. The molecular formula is C22H19FN4O5S2. The van der Waals surface area contributed by atoms with E-state index in [0.29, 0.717) is 40.6 Å². The van der Waals surface area contributed by atoms with Gasteiger partial charge < -0.3 is 9.47 Å². The van der Waals surface area contributed by atoms with Gasteiger partial charge in [0.05, 0.1) is 6.61 Å². The van der Waals surface area contributed by atoms with Gasteiger partial charge in [0.1, 0.15) is 24.1 Å². The van der Waals surface area contributed by atoms with E-state index in [-0.39, 0.29) is 27.5 Å². The van der Waals surface area contributed by atoms with Crippen LogP contribution in [0.1, 0.15) is 18.1 Å². The maximum absolute atomic E-state index is 13.9. The Kier molecular flexibility index (Phi) is 7.93. The zero-order chi connectivity index (χ0) is 24.7. The molecule has 1 heterocycles. The second-order valence-corrected chi connectivity index (χ2v) is 9.96. The fourth-order valence-electron chi connectivity index (χ4n) is 2.66. The number of ether oxygens (including phenoxy) is 2. The van der Waals surface area contributed by atoms with E-state index in [1.165, 1.54) is 12.1 Å². The molecule has 0 spiro atoms. The minimum atomic E-state index is -3.56. The van der Waals surface area contributed by atoms with Gasteiger partial charge in [-0.1, -0.05) is 35.6 Å². The van der Waals surface area contributed by atoms with Crippen LogP contribution in [0.25, 0.3) is 6.08 Å². The SMILES string of the molecule is CCOc1cc(C=C(C#N)C(=O)Nc2nnc(S(C)(=O)=O)s2)ccc1OCc1ccccc1F. The number of hydrogen-bond acceptors (Lipinski definition) is 9. The highest BCUT2D eigenvalue weighted by Gasteiger charge is 2.18. The molecule has 0 unspecified atom stereocenters. The molecule has 0 fully saturated rings. The molecule has 0 saturated heterocycles. The predicted octanol–water partition coefficient (Wildman–Crippen LogP) is 3.60. The van der Waals surface area contributed by atoms with Crippen molar-refractivity contribution in [1.29, 1.82) is 5.26 Å². The topological polar surface area (TPSA) is 131 Å². The molecule has 1 amide bonds. The number of rotatable bonds is 9. The highest BCUT2D eigenvalue weighted by molar-refractivity contribution is 7.92. The number of carbonyl (C=O) groups is 1. The monoisotopic (exact) mass is 502 g/mol. The lowest BCUT2D eigenvalue weighted by molar-refractivity contribution is -0.112. The van der Waals surface area contributed by atoms with Crippen molar-refractivity contribution in [2.24, 2.45) is 0 Å². The van der Waals surface area contributed by atoms with Crippen molar-refractivity contribution in [3.05, 3.63) is 65.0 Å². The van der Waals surface area contributed by atoms with Gasteiger partial charge in [-0.05, 0) is 36.8 Å². The summed E-state index contributed by atoms with van der Waals surface area (Å²) in [5.74, 6) is -0.445. The fraction of sp³-hybridized carbons (Fsp3) is 0.182. The Morgan fingerprint density at radius 1 is 1.21 bits per heavy atom. The molecule has 0 radical (unpaired) electrons. The lowest BCUT2D eigenvalue weighted by atomic mass is 10.1. The van der Waals surface area contributed by atoms with Crippen LogP contribution in [0.2, 0.25) is 0 Å². The molecule has 34 heavy (non-hydrogen) atoms. The number of halogens is 1. The van der Waals surface area contributed by atoms with Crippen LogP contribution in [0.5, 0.6) is 11.5 Å². The van der Waals surface area contributed by atoms with Gasteiger partial charge in [0.15, 0.2) is 11.5 Å². The Bertz CT molecular complexity index is 1380. The lowest BCUT2D eigenvalue weighted by Crippen LogP contribution is -2.13. The number of aromatic nitrogens is 2. The molecule has 3 aromatic rings. The quantitative estimate of drug-likeness (QED) is 0.267. The van der Waals surface area contributed by atoms with E-state index in [1.54, 1.807) is 49.4 Å². The van der Waals surface area contributed by atoms with E-state index in [4.69, 9.17) is 9.47 Å². The van der Waals surface area contributed by atoms with Crippen LogP contribution in [0.15, 0.2) is 52.4 Å². The summed E-state index contributed by atoms with van der Waals surface area (Å²) in [6, 6.07) is 12.8. The molecule has 0 saturated carbocycles. The molecule has 0 aliphatic rings. The van der Waals surface area contributed by atoms with Gasteiger partial charge in [0.2, 0.25) is 19.3 Å². The number of sulfone groups is 1. The number of nitrogens with one attached hydrogen (secondary N) is 1. The van der Waals surface area contributed by atoms with Gasteiger partial charge in [-0.3, -0.25) is 10.1 Å². The van der Waals surface area contributed by atoms with E-state index in [9.17, 15) is 22.9 Å². The summed E-state index contributed by atoms with van der Waals surface area (Å²) >= 11 is 0.676. The summed E-state index contributed by atoms with van der Waals surface area (Å²) in [6.07, 6.45) is 2.30. The molecule has 0 bridgehead atoms. The third-order valence-electron chi connectivity index (χ3n) is 4.23. The van der Waals surface area contributed by atoms with Gasteiger partial charge in [0.25, 0.3) is 5.91 Å². The molecule has 0 aliphatic carbocycles. The van der Waals surface area contributed by atoms with Crippen LogP contribution in [0.4, 0.5) is 9.52 Å². The average molecular weight is 503 g/mol. The Labute approximate surface area is 199 Å². The third kappa shape index (κ3) is 6.37. The number of hydrogen-bond donors (Lipinski definition) is 1. The zero-order valence-corrected chi connectivity index (χ0v) is 19.7. The lowest BCUT2D eigenvalue weighted by Gasteiger charge is -2.13. The maximum Gasteiger partial charge on any atom is 0.268 e. The number of anilines is 1. The fourth-order valence-corrected chi connectivity index (χ4v) is 4.17. The van der Waals surface area contributed by atoms with Crippen LogP contribution >= 0.6 is 11.3 Å². The molecule has 0 atom stereocenters. The molecule has 0 aliphatic heterocycles. The van der Waals surface area contributed by atoms with Gasteiger partial charge in [-0.25, -0.2) is 12.8 Å². The van der Waals surface area contributed by atoms with Crippen LogP contribution in [0.3, 0.4) is 0 Å². The molecule has 2 aromatic carbocycles. The Morgan fingerprint density at radius 2 is 1.97 bits per heavy atom. The average Bonchev–Trinajstić information content (AvgIpc) is 3.27. The number of nitrogens with zero attached hydrogens (tertiary/aromatic N) is 3. The molecule has 176 valence electrons. The van der Waals surface area contributed by atoms with E-state index in [1.807, 2.05) is 0 Å². The van der Waals surface area contributed by atoms with Crippen molar-refractivity contribution in [3.8, 4) is 17.6 Å². The van der Waals surface area contributed by atoms with Crippen molar-refractivity contribution < 1.29 is 27.1 Å². The molecule has 1 aromatic heterocycles. The largest absolute Gasteiger partial charge is 0.490 e. The summed E-state index contributed by atoms with van der Waals surface area (Å²) < 4.78 is 47.9. The van der Waals surface area contributed by atoms with Gasteiger partial charge in [0, 0.05) is 11.8 Å². The second kappa shape index (κ2) is 10.9. The summed E-state index contributed by atoms with van der Waals surface area (Å²) in [7, 11) is -3.56. The van der Waals surface area contributed by atoms with Crippen LogP contribution in [-0.4, -0.2) is 37.4 Å². The maximum atomic E-state index is 13.9. The highest BCUT2D eigenvalue weighted by atomic mass is 32.2. The molecule has 12 heteroatoms. The summed E-state index contributed by atoms with van der Waals surface area (Å²) in [4.78, 5) is 12.5. The van der Waals surface area contributed by atoms with E-state index in [0.717, 1.165) is 6.26 Å². The van der Waals surface area contributed by atoms with Crippen LogP contribution < -0.4 is 14.8 Å². The summed E-state index contributed by atoms with van der Waals surface area (Å²) in [5, 5.41) is 18.8. The first-order valence-electron chi connectivity index (χ1n) is 9.81. The van der Waals surface area contributed by atoms with E-state index < -0.39 is 15.7 Å². The van der Waals surface area contributed by atoms with E-state index in [2.05, 4.69) is 15.5 Å². The minimum Gasteiger partial charge on any atom is -0.490 e. The second-order valence-electron chi connectivity index (χ2n) is 6.79. The first-order valence-corrected chi connectivity index (χ1v) is 12.5. The number of benzene rings is 2. The van der Waals surface area contributed by atoms with Crippen LogP contribution in [-0.2, 0) is 21.2 Å². The first-order chi connectivity index (χ1) is 16.2. The van der Waals surface area contributed by atoms with E-state index >= 15 is 0 Å². The van der Waals surface area contributed by atoms with Crippen molar-refractivity contribution in [1.82, 2.24) is 10.2 Å². The highest BCUT2D eigenvalue weighted by Crippen LogP contribution is 2.30. The number of carbonyl (C=O) groups excluding carboxylic acids is 1. The van der Waals surface area contributed by atoms with Gasteiger partial charge in [-0.15, -0.1) is 10.2 Å². The third-order valence-corrected chi connectivity index (χ3v) is 6.74. The molecular weight excluding hydrogens is 483 g/mol. The smallest absolute Gasteiger partial charge is 0.268 e. The Balaban J connectivity index is 1.79. The summed E-state index contributed by atoms with van der Waals surface area (Å²) in [6.45, 7) is 2.10.